The Hall–Kier alpha value is -2.29. The normalized spacial score (nSPS) is 20.0. The van der Waals surface area contributed by atoms with Crippen LogP contribution in [0.4, 0.5) is 5.69 Å². The highest BCUT2D eigenvalue weighted by Gasteiger charge is 2.44. The van der Waals surface area contributed by atoms with E-state index in [1.165, 1.54) is 24.3 Å². The van der Waals surface area contributed by atoms with Gasteiger partial charge in [0.2, 0.25) is 0 Å². The lowest BCUT2D eigenvalue weighted by Crippen LogP contribution is -2.34. The van der Waals surface area contributed by atoms with Crippen LogP contribution in [0, 0.1) is 10.1 Å². The summed E-state index contributed by atoms with van der Waals surface area (Å²) in [6, 6.07) is 14.5. The van der Waals surface area contributed by atoms with E-state index in [-0.39, 0.29) is 10.9 Å². The minimum absolute atomic E-state index is 0.336. The largest absolute Gasteiger partial charge is 0.289 e. The summed E-state index contributed by atoms with van der Waals surface area (Å²) in [7, 11) is -4.18. The predicted molar refractivity (Wildman–Crippen MR) is 110 cm³/mol. The number of sulfonamides is 1. The SMILES string of the molecule is CCCCCC[C@@H]1C[C@@H](c2ccccc2)ON1S(=O)(=O)c1ccccc1[N+](=O)[O-]. The molecule has 2 aromatic carbocycles. The lowest BCUT2D eigenvalue weighted by Gasteiger charge is -2.22. The number of benzene rings is 2. The van der Waals surface area contributed by atoms with Gasteiger partial charge in [-0.05, 0) is 24.5 Å². The number of nitro benzene ring substituents is 1. The molecule has 0 bridgehead atoms. The zero-order valence-corrected chi connectivity index (χ0v) is 17.3. The van der Waals surface area contributed by atoms with Crippen molar-refractivity contribution in [1.29, 1.82) is 0 Å². The molecule has 0 spiro atoms. The molecule has 3 rings (SSSR count). The number of nitrogens with zero attached hydrogens (tertiary/aromatic N) is 2. The van der Waals surface area contributed by atoms with Crippen molar-refractivity contribution >= 4 is 15.7 Å². The first kappa shape index (κ1) is 21.4. The van der Waals surface area contributed by atoms with Crippen molar-refractivity contribution in [2.24, 2.45) is 0 Å². The van der Waals surface area contributed by atoms with E-state index < -0.39 is 26.7 Å². The summed E-state index contributed by atoms with van der Waals surface area (Å²) in [6.07, 6.45) is 4.86. The van der Waals surface area contributed by atoms with Gasteiger partial charge in [-0.3, -0.25) is 15.0 Å². The zero-order chi connectivity index (χ0) is 20.9. The van der Waals surface area contributed by atoms with E-state index in [9.17, 15) is 18.5 Å². The summed E-state index contributed by atoms with van der Waals surface area (Å²) < 4.78 is 27.7. The topological polar surface area (TPSA) is 89.8 Å². The first-order chi connectivity index (χ1) is 13.9. The molecule has 2 aromatic rings. The molecule has 8 heteroatoms. The van der Waals surface area contributed by atoms with E-state index in [0.717, 1.165) is 35.7 Å². The number of nitro groups is 1. The number of unbranched alkanes of at least 4 members (excludes halogenated alkanes) is 3. The summed E-state index contributed by atoms with van der Waals surface area (Å²) in [6.45, 7) is 2.12. The first-order valence-corrected chi connectivity index (χ1v) is 11.4. The second kappa shape index (κ2) is 9.47. The highest BCUT2D eigenvalue weighted by atomic mass is 32.2. The van der Waals surface area contributed by atoms with Gasteiger partial charge in [0, 0.05) is 6.07 Å². The fraction of sp³-hybridized carbons (Fsp3) is 0.429. The van der Waals surface area contributed by atoms with Gasteiger partial charge in [0.05, 0.1) is 11.0 Å². The van der Waals surface area contributed by atoms with Crippen molar-refractivity contribution in [3.63, 3.8) is 0 Å². The van der Waals surface area contributed by atoms with Crippen molar-refractivity contribution in [1.82, 2.24) is 4.47 Å². The molecule has 1 fully saturated rings. The Morgan fingerprint density at radius 3 is 2.45 bits per heavy atom. The quantitative estimate of drug-likeness (QED) is 0.325. The van der Waals surface area contributed by atoms with Gasteiger partial charge in [-0.15, -0.1) is 0 Å². The van der Waals surface area contributed by atoms with Gasteiger partial charge in [0.15, 0.2) is 4.90 Å². The van der Waals surface area contributed by atoms with Crippen LogP contribution in [0.3, 0.4) is 0 Å². The third-order valence-electron chi connectivity index (χ3n) is 5.15. The van der Waals surface area contributed by atoms with Gasteiger partial charge in [-0.2, -0.15) is 0 Å². The summed E-state index contributed by atoms with van der Waals surface area (Å²) in [4.78, 5) is 16.3. The number of para-hydroxylation sites is 1. The van der Waals surface area contributed by atoms with E-state index in [1.54, 1.807) is 0 Å². The number of hydrogen-bond donors (Lipinski definition) is 0. The third-order valence-corrected chi connectivity index (χ3v) is 6.91. The predicted octanol–water partition coefficient (Wildman–Crippen LogP) is 5.00. The third kappa shape index (κ3) is 4.83. The fourth-order valence-corrected chi connectivity index (χ4v) is 5.31. The Morgan fingerprint density at radius 2 is 1.76 bits per heavy atom. The number of hydroxylamine groups is 1. The molecule has 0 unspecified atom stereocenters. The second-order valence-electron chi connectivity index (χ2n) is 7.23. The summed E-state index contributed by atoms with van der Waals surface area (Å²) >= 11 is 0. The molecule has 0 aromatic heterocycles. The lowest BCUT2D eigenvalue weighted by molar-refractivity contribution is -0.387. The Bertz CT molecular complexity index is 933. The lowest BCUT2D eigenvalue weighted by atomic mass is 9.99. The van der Waals surface area contributed by atoms with Gasteiger partial charge in [-0.25, -0.2) is 8.42 Å². The molecule has 156 valence electrons. The van der Waals surface area contributed by atoms with Crippen LogP contribution in [0.2, 0.25) is 0 Å². The maximum Gasteiger partial charge on any atom is 0.289 e. The van der Waals surface area contributed by atoms with Crippen LogP contribution < -0.4 is 0 Å². The van der Waals surface area contributed by atoms with Crippen LogP contribution in [0.5, 0.6) is 0 Å². The molecule has 1 aliphatic rings. The molecule has 1 saturated heterocycles. The Balaban J connectivity index is 1.91. The van der Waals surface area contributed by atoms with E-state index in [1.807, 2.05) is 30.3 Å². The maximum absolute atomic E-state index is 13.3. The summed E-state index contributed by atoms with van der Waals surface area (Å²) in [5, 5.41) is 11.4. The molecule has 0 N–H and O–H groups in total. The number of hydrogen-bond acceptors (Lipinski definition) is 5. The smallest absolute Gasteiger partial charge is 0.276 e. The van der Waals surface area contributed by atoms with Crippen molar-refractivity contribution in [2.45, 2.75) is 62.5 Å². The van der Waals surface area contributed by atoms with Crippen LogP contribution in [0.25, 0.3) is 0 Å². The Kier molecular flexibility index (Phi) is 7.00. The van der Waals surface area contributed by atoms with Gasteiger partial charge in [-0.1, -0.05) is 79.5 Å². The maximum atomic E-state index is 13.3. The average Bonchev–Trinajstić information content (AvgIpc) is 3.17. The number of rotatable bonds is 9. The first-order valence-electron chi connectivity index (χ1n) is 9.94. The molecule has 2 atom stereocenters. The molecule has 0 aliphatic carbocycles. The van der Waals surface area contributed by atoms with Crippen molar-refractivity contribution in [3.8, 4) is 0 Å². The van der Waals surface area contributed by atoms with E-state index >= 15 is 0 Å². The molecule has 0 saturated carbocycles. The molecule has 1 aliphatic heterocycles. The highest BCUT2D eigenvalue weighted by molar-refractivity contribution is 7.89. The molecular formula is C21H26N2O5S. The van der Waals surface area contributed by atoms with Gasteiger partial charge >= 0.3 is 0 Å². The molecule has 7 nitrogen and oxygen atoms in total. The van der Waals surface area contributed by atoms with Gasteiger partial charge in [0.25, 0.3) is 15.7 Å². The van der Waals surface area contributed by atoms with Gasteiger partial charge < -0.3 is 0 Å². The molecule has 0 radical (unpaired) electrons. The van der Waals surface area contributed by atoms with Gasteiger partial charge in [0.1, 0.15) is 6.10 Å². The van der Waals surface area contributed by atoms with Crippen LogP contribution >= 0.6 is 0 Å². The summed E-state index contributed by atoms with van der Waals surface area (Å²) in [5.41, 5.74) is 0.454. The molecular weight excluding hydrogens is 392 g/mol. The fourth-order valence-electron chi connectivity index (χ4n) is 3.66. The highest BCUT2D eigenvalue weighted by Crippen LogP contribution is 2.40. The van der Waals surface area contributed by atoms with Crippen molar-refractivity contribution in [2.75, 3.05) is 0 Å². The van der Waals surface area contributed by atoms with Crippen LogP contribution in [-0.4, -0.2) is 23.9 Å². The Morgan fingerprint density at radius 1 is 1.07 bits per heavy atom. The van der Waals surface area contributed by atoms with Crippen molar-refractivity contribution < 1.29 is 18.2 Å². The monoisotopic (exact) mass is 418 g/mol. The minimum atomic E-state index is -4.18. The van der Waals surface area contributed by atoms with Crippen LogP contribution in [0.15, 0.2) is 59.5 Å². The van der Waals surface area contributed by atoms with E-state index in [4.69, 9.17) is 4.84 Å². The Labute approximate surface area is 171 Å². The molecule has 29 heavy (non-hydrogen) atoms. The van der Waals surface area contributed by atoms with E-state index in [2.05, 4.69) is 6.92 Å². The van der Waals surface area contributed by atoms with Crippen LogP contribution in [0.1, 0.15) is 57.1 Å². The second-order valence-corrected chi connectivity index (χ2v) is 8.98. The standard InChI is InChI=1S/C21H26N2O5S/c1-2-3-4-8-13-18-16-20(17-11-6-5-7-12-17)28-23(18)29(26,27)21-15-10-9-14-19(21)22(24)25/h5-7,9-12,14-15,18,20H,2-4,8,13,16H2,1H3/t18-,20+/m1/s1. The van der Waals surface area contributed by atoms with Crippen LogP contribution in [-0.2, 0) is 14.9 Å². The van der Waals surface area contributed by atoms with E-state index in [0.29, 0.717) is 12.8 Å². The summed E-state index contributed by atoms with van der Waals surface area (Å²) in [5.74, 6) is 0. The minimum Gasteiger partial charge on any atom is -0.276 e. The average molecular weight is 419 g/mol. The van der Waals surface area contributed by atoms with Crippen molar-refractivity contribution in [3.05, 3.63) is 70.3 Å². The molecule has 0 amide bonds. The molecule has 1 heterocycles. The zero-order valence-electron chi connectivity index (χ0n) is 16.4.